The van der Waals surface area contributed by atoms with Crippen molar-refractivity contribution >= 4 is 0 Å². The van der Waals surface area contributed by atoms with Crippen molar-refractivity contribution in [1.29, 1.82) is 0 Å². The maximum absolute atomic E-state index is 7.00. The molecule has 1 aliphatic rings. The molecule has 5 N–H and O–H groups in total. The number of hydrogen-bond donors (Lipinski definition) is 5. The first kappa shape index (κ1) is 43.8. The van der Waals surface area contributed by atoms with Crippen LogP contribution in [-0.4, -0.2) is 61.1 Å². The summed E-state index contributed by atoms with van der Waals surface area (Å²) in [4.78, 5) is 0. The minimum absolute atomic E-state index is 1.00. The number of aliphatic hydroxyl groups excluding tert-OH is 5. The van der Waals surface area contributed by atoms with Gasteiger partial charge in [0.1, 0.15) is 0 Å². The molecule has 0 atom stereocenters. The van der Waals surface area contributed by atoms with E-state index in [1.54, 1.807) is 0 Å². The van der Waals surface area contributed by atoms with Crippen LogP contribution in [0, 0.1) is 0 Å². The second kappa shape index (κ2) is 58.6. The summed E-state index contributed by atoms with van der Waals surface area (Å²) >= 11 is 0. The van der Waals surface area contributed by atoms with Crippen LogP contribution in [0.1, 0.15) is 154 Å². The Labute approximate surface area is 215 Å². The van der Waals surface area contributed by atoms with Crippen LogP contribution in [-0.2, 0) is 0 Å². The Morgan fingerprint density at radius 1 is 0.147 bits per heavy atom. The summed E-state index contributed by atoms with van der Waals surface area (Å²) in [6, 6.07) is 0. The first-order valence-electron chi connectivity index (χ1n) is 14.2. The molecule has 1 aliphatic carbocycles. The summed E-state index contributed by atoms with van der Waals surface area (Å²) < 4.78 is 0. The van der Waals surface area contributed by atoms with Crippen molar-refractivity contribution in [2.75, 3.05) is 35.5 Å². The second-order valence-corrected chi connectivity index (χ2v) is 8.49. The fourth-order valence-corrected chi connectivity index (χ4v) is 4.24. The van der Waals surface area contributed by atoms with Gasteiger partial charge in [-0.1, -0.05) is 154 Å². The van der Waals surface area contributed by atoms with Gasteiger partial charge in [0.05, 0.1) is 0 Å². The summed E-state index contributed by atoms with van der Waals surface area (Å²) in [6.07, 6.45) is 36.0. The molecular weight excluding hydrogens is 428 g/mol. The monoisotopic (exact) mass is 497 g/mol. The first-order chi connectivity index (χ1) is 17.0. The van der Waals surface area contributed by atoms with Gasteiger partial charge in [0.25, 0.3) is 0 Å². The van der Waals surface area contributed by atoms with Crippen molar-refractivity contribution in [2.24, 2.45) is 0 Å². The van der Waals surface area contributed by atoms with Gasteiger partial charge in [-0.25, -0.2) is 0 Å². The van der Waals surface area contributed by atoms with Gasteiger partial charge in [-0.3, -0.25) is 0 Å². The fraction of sp³-hybridized carbons (Fsp3) is 1.00. The smallest absolute Gasteiger partial charge is 0.0319 e. The van der Waals surface area contributed by atoms with Gasteiger partial charge in [0.15, 0.2) is 0 Å². The predicted octanol–water partition coefficient (Wildman–Crippen LogP) is 7.40. The van der Waals surface area contributed by atoms with E-state index < -0.39 is 0 Å². The molecule has 5 heteroatoms. The third-order valence-electron chi connectivity index (χ3n) is 6.00. The Balaban J connectivity index is -0.000000247. The largest absolute Gasteiger partial charge is 0.400 e. The van der Waals surface area contributed by atoms with Gasteiger partial charge in [0, 0.05) is 35.5 Å². The van der Waals surface area contributed by atoms with Crippen LogP contribution < -0.4 is 0 Å². The summed E-state index contributed by atoms with van der Waals surface area (Å²) in [7, 11) is 5.00. The van der Waals surface area contributed by atoms with Crippen LogP contribution in [0.25, 0.3) is 0 Å². The van der Waals surface area contributed by atoms with Crippen LogP contribution in [0.2, 0.25) is 0 Å². The maximum Gasteiger partial charge on any atom is 0.0319 e. The highest BCUT2D eigenvalue weighted by atomic mass is 16.2. The first-order valence-corrected chi connectivity index (χ1v) is 14.2. The number of rotatable bonds is 0. The van der Waals surface area contributed by atoms with Gasteiger partial charge in [-0.05, 0) is 0 Å². The molecule has 0 aliphatic heterocycles. The number of hydrogen-bond acceptors (Lipinski definition) is 5. The fourth-order valence-electron chi connectivity index (χ4n) is 4.24. The SMILES string of the molecule is C1CCCCCCCCCCCCCCCCCCCCCCC1.CO.CO.CO.CO.CO. The van der Waals surface area contributed by atoms with Crippen LogP contribution in [0.3, 0.4) is 0 Å². The summed E-state index contributed by atoms with van der Waals surface area (Å²) in [6.45, 7) is 0. The predicted molar refractivity (Wildman–Crippen MR) is 152 cm³/mol. The van der Waals surface area contributed by atoms with Gasteiger partial charge in [-0.2, -0.15) is 0 Å². The van der Waals surface area contributed by atoms with E-state index in [0.717, 1.165) is 35.5 Å². The molecule has 0 aromatic carbocycles. The third kappa shape index (κ3) is 53.3. The lowest BCUT2D eigenvalue weighted by atomic mass is 10.0. The molecule has 34 heavy (non-hydrogen) atoms. The van der Waals surface area contributed by atoms with E-state index in [1.807, 2.05) is 0 Å². The number of aliphatic hydroxyl groups is 5. The van der Waals surface area contributed by atoms with Gasteiger partial charge >= 0.3 is 0 Å². The van der Waals surface area contributed by atoms with E-state index in [4.69, 9.17) is 25.5 Å². The topological polar surface area (TPSA) is 101 Å². The molecule has 0 heterocycles. The van der Waals surface area contributed by atoms with Crippen LogP contribution in [0.5, 0.6) is 0 Å². The average molecular weight is 497 g/mol. The lowest BCUT2D eigenvalue weighted by molar-refractivity contribution is 0.399. The zero-order chi connectivity index (χ0) is 27.0. The molecule has 0 aromatic heterocycles. The van der Waals surface area contributed by atoms with Crippen molar-refractivity contribution in [2.45, 2.75) is 154 Å². The van der Waals surface area contributed by atoms with E-state index in [-0.39, 0.29) is 0 Å². The highest BCUT2D eigenvalue weighted by Crippen LogP contribution is 2.17. The van der Waals surface area contributed by atoms with Crippen molar-refractivity contribution in [3.05, 3.63) is 0 Å². The molecule has 0 radical (unpaired) electrons. The van der Waals surface area contributed by atoms with Crippen molar-refractivity contribution < 1.29 is 25.5 Å². The molecule has 0 aromatic rings. The van der Waals surface area contributed by atoms with Crippen LogP contribution in [0.4, 0.5) is 0 Å². The molecular formula is C29H68O5. The minimum atomic E-state index is 1.00. The summed E-state index contributed by atoms with van der Waals surface area (Å²) in [5.74, 6) is 0. The Bertz CT molecular complexity index is 131. The van der Waals surface area contributed by atoms with Crippen molar-refractivity contribution in [3.8, 4) is 0 Å². The molecule has 0 spiro atoms. The van der Waals surface area contributed by atoms with E-state index in [2.05, 4.69) is 0 Å². The van der Waals surface area contributed by atoms with Crippen molar-refractivity contribution in [1.82, 2.24) is 0 Å². The van der Waals surface area contributed by atoms with Crippen LogP contribution >= 0.6 is 0 Å². The average Bonchev–Trinajstić information content (AvgIpc) is 2.93. The molecule has 0 amide bonds. The highest BCUT2D eigenvalue weighted by molar-refractivity contribution is 4.52. The van der Waals surface area contributed by atoms with Crippen LogP contribution in [0.15, 0.2) is 0 Å². The quantitative estimate of drug-likeness (QED) is 0.240. The molecule has 1 rings (SSSR count). The maximum atomic E-state index is 7.00. The highest BCUT2D eigenvalue weighted by Gasteiger charge is 1.97. The molecule has 1 fully saturated rings. The van der Waals surface area contributed by atoms with Crippen molar-refractivity contribution in [3.63, 3.8) is 0 Å². The Kier molecular flexibility index (Phi) is 75.5. The van der Waals surface area contributed by atoms with E-state index >= 15 is 0 Å². The van der Waals surface area contributed by atoms with Gasteiger partial charge in [-0.15, -0.1) is 0 Å². The second-order valence-electron chi connectivity index (χ2n) is 8.49. The molecule has 0 bridgehead atoms. The molecule has 0 saturated heterocycles. The van der Waals surface area contributed by atoms with E-state index in [0.29, 0.717) is 0 Å². The molecule has 214 valence electrons. The normalized spacial score (nSPS) is 17.8. The summed E-state index contributed by atoms with van der Waals surface area (Å²) in [5, 5.41) is 35.0. The van der Waals surface area contributed by atoms with Gasteiger partial charge in [0.2, 0.25) is 0 Å². The van der Waals surface area contributed by atoms with E-state index in [9.17, 15) is 0 Å². The Morgan fingerprint density at radius 3 is 0.206 bits per heavy atom. The lowest BCUT2D eigenvalue weighted by Gasteiger charge is -2.05. The molecule has 0 unspecified atom stereocenters. The van der Waals surface area contributed by atoms with Gasteiger partial charge < -0.3 is 25.5 Å². The zero-order valence-electron chi connectivity index (χ0n) is 24.2. The lowest BCUT2D eigenvalue weighted by Crippen LogP contribution is -1.85. The zero-order valence-corrected chi connectivity index (χ0v) is 24.2. The molecule has 5 nitrogen and oxygen atoms in total. The Morgan fingerprint density at radius 2 is 0.176 bits per heavy atom. The molecule has 1 saturated carbocycles. The van der Waals surface area contributed by atoms with E-state index in [1.165, 1.54) is 154 Å². The standard InChI is InChI=1S/C24H48.5CH4O/c1-2-4-6-8-10-12-14-16-18-20-22-24-23-21-19-17-15-13-11-9-7-5-3-1;5*1-2/h1-24H2;5*2H,1H3. The Hall–Kier alpha value is -0.200. The summed E-state index contributed by atoms with van der Waals surface area (Å²) in [5.41, 5.74) is 0. The minimum Gasteiger partial charge on any atom is -0.400 e. The third-order valence-corrected chi connectivity index (χ3v) is 6.00.